The van der Waals surface area contributed by atoms with Crippen LogP contribution in [0.25, 0.3) is 140 Å². The first kappa shape index (κ1) is 31.6. The Hall–Kier alpha value is -8.28. The topological polar surface area (TPSA) is 25.8 Å². The maximum Gasteiger partial charge on any atom is 0.0971 e. The van der Waals surface area contributed by atoms with Crippen LogP contribution < -0.4 is 0 Å². The number of hydrogen-bond acceptors (Lipinski definition) is 4. The first-order valence-electron chi connectivity index (χ1n) is 26.4. The van der Waals surface area contributed by atoms with E-state index in [0.717, 1.165) is 44.5 Å². The standard InChI is InChI=1S/C64H38N2S2/c1-3-25-59-51(19-1)55-23-9-21-49(63(55)67-59)47-17-7-15-43(35-47)39-11-5-13-41(33-39)45-27-29-53-57(37-45)58-38-46(28-30-54(58)62-61(53)65-31-32-66-62)42-14-6-12-40(34-42)44-16-8-18-48(36-44)50-22-10-24-56-52-20-2-4-26-60(52)68-64(50)56/h1-38H/i27D,28D,29D,30D,31D,32D,37D,38D. The van der Waals surface area contributed by atoms with Gasteiger partial charge in [0.25, 0.3) is 0 Å². The molecule has 0 aliphatic heterocycles. The van der Waals surface area contributed by atoms with Gasteiger partial charge in [0.1, 0.15) is 0 Å². The Balaban J connectivity index is 0.939. The summed E-state index contributed by atoms with van der Waals surface area (Å²) in [6.07, 6.45) is -0.954. The van der Waals surface area contributed by atoms with Crippen LogP contribution in [-0.4, -0.2) is 9.97 Å². The van der Waals surface area contributed by atoms with Gasteiger partial charge < -0.3 is 0 Å². The molecule has 0 bridgehead atoms. The van der Waals surface area contributed by atoms with Crippen molar-refractivity contribution in [3.05, 3.63) is 231 Å². The average molecular weight is 907 g/mol. The van der Waals surface area contributed by atoms with E-state index in [9.17, 15) is 8.22 Å². The number of fused-ring (bicyclic) bond motifs is 12. The summed E-state index contributed by atoms with van der Waals surface area (Å²) in [6, 6.07) is 60.1. The Morgan fingerprint density at radius 1 is 0.294 bits per heavy atom. The molecular formula is C64H38N2S2. The van der Waals surface area contributed by atoms with Gasteiger partial charge in [0.2, 0.25) is 0 Å². The van der Waals surface area contributed by atoms with Crippen molar-refractivity contribution in [1.29, 1.82) is 0 Å². The summed E-state index contributed by atoms with van der Waals surface area (Å²) < 4.78 is 80.6. The molecule has 14 aromatic rings. The smallest absolute Gasteiger partial charge is 0.0971 e. The van der Waals surface area contributed by atoms with E-state index >= 15 is 0 Å². The molecule has 0 fully saturated rings. The molecule has 0 radical (unpaired) electrons. The summed E-state index contributed by atoms with van der Waals surface area (Å²) in [5.41, 5.74) is 9.10. The lowest BCUT2D eigenvalue weighted by Crippen LogP contribution is -1.90. The summed E-state index contributed by atoms with van der Waals surface area (Å²) in [5, 5.41) is 5.09. The van der Waals surface area contributed by atoms with Gasteiger partial charge in [0.05, 0.1) is 22.0 Å². The average Bonchev–Trinajstić information content (AvgIpc) is 4.13. The Labute approximate surface area is 412 Å². The Morgan fingerprint density at radius 2 is 0.647 bits per heavy atom. The molecule has 0 N–H and O–H groups in total. The molecule has 14 rings (SSSR count). The van der Waals surface area contributed by atoms with Gasteiger partial charge in [-0.25, -0.2) is 0 Å². The Kier molecular flexibility index (Phi) is 7.28. The molecule has 0 unspecified atom stereocenters. The first-order valence-corrected chi connectivity index (χ1v) is 24.0. The number of hydrogen-bond donors (Lipinski definition) is 0. The van der Waals surface area contributed by atoms with E-state index in [0.29, 0.717) is 11.1 Å². The van der Waals surface area contributed by atoms with Crippen molar-refractivity contribution in [3.63, 3.8) is 0 Å². The van der Waals surface area contributed by atoms with Crippen LogP contribution in [0.4, 0.5) is 0 Å². The molecular weight excluding hydrogens is 861 g/mol. The van der Waals surface area contributed by atoms with E-state index < -0.39 is 12.3 Å². The van der Waals surface area contributed by atoms with Crippen LogP contribution in [0.15, 0.2) is 231 Å². The maximum absolute atomic E-state index is 10.1. The highest BCUT2D eigenvalue weighted by Gasteiger charge is 2.16. The Bertz CT molecular complexity index is 4530. The van der Waals surface area contributed by atoms with Crippen LogP contribution in [-0.2, 0) is 0 Å². The minimum atomic E-state index is -0.477. The van der Waals surface area contributed by atoms with Crippen LogP contribution in [0.1, 0.15) is 11.0 Å². The van der Waals surface area contributed by atoms with Gasteiger partial charge in [-0.2, -0.15) is 0 Å². The van der Waals surface area contributed by atoms with E-state index in [1.807, 2.05) is 72.8 Å². The number of benzene rings is 11. The second kappa shape index (κ2) is 15.7. The lowest BCUT2D eigenvalue weighted by atomic mass is 9.91. The lowest BCUT2D eigenvalue weighted by Gasteiger charge is -2.14. The number of nitrogens with zero attached hydrogens (tertiary/aromatic N) is 2. The fourth-order valence-corrected chi connectivity index (χ4v) is 12.3. The van der Waals surface area contributed by atoms with Gasteiger partial charge in [0.15, 0.2) is 0 Å². The monoisotopic (exact) mass is 906 g/mol. The fraction of sp³-hybridized carbons (Fsp3) is 0. The first-order chi connectivity index (χ1) is 37.0. The molecule has 0 spiro atoms. The van der Waals surface area contributed by atoms with Crippen LogP contribution in [0.5, 0.6) is 0 Å². The van der Waals surface area contributed by atoms with Gasteiger partial charge in [-0.15, -0.1) is 22.7 Å². The molecule has 11 aromatic carbocycles. The van der Waals surface area contributed by atoms with Gasteiger partial charge in [-0.1, -0.05) is 170 Å². The van der Waals surface area contributed by atoms with Crippen molar-refractivity contribution in [2.45, 2.75) is 0 Å². The van der Waals surface area contributed by atoms with Crippen molar-refractivity contribution in [2.75, 3.05) is 0 Å². The van der Waals surface area contributed by atoms with E-state index in [1.165, 1.54) is 40.3 Å². The molecule has 0 saturated heterocycles. The van der Waals surface area contributed by atoms with Gasteiger partial charge >= 0.3 is 0 Å². The third kappa shape index (κ3) is 6.37. The number of rotatable bonds is 6. The Morgan fingerprint density at radius 3 is 1.09 bits per heavy atom. The van der Waals surface area contributed by atoms with E-state index in [1.54, 1.807) is 22.7 Å². The van der Waals surface area contributed by atoms with Crippen LogP contribution in [0.3, 0.4) is 0 Å². The zero-order chi connectivity index (χ0) is 51.7. The molecule has 316 valence electrons. The number of aromatic nitrogens is 2. The summed E-state index contributed by atoms with van der Waals surface area (Å²) in [4.78, 5) is 8.85. The van der Waals surface area contributed by atoms with E-state index in [4.69, 9.17) is 2.74 Å². The van der Waals surface area contributed by atoms with Gasteiger partial charge in [0, 0.05) is 63.5 Å². The molecule has 0 aliphatic carbocycles. The zero-order valence-electron chi connectivity index (χ0n) is 44.0. The van der Waals surface area contributed by atoms with Gasteiger partial charge in [-0.05, 0) is 126 Å². The highest BCUT2D eigenvalue weighted by molar-refractivity contribution is 7.26. The second-order valence-corrected chi connectivity index (χ2v) is 19.1. The molecule has 4 heteroatoms. The van der Waals surface area contributed by atoms with Crippen LogP contribution in [0.2, 0.25) is 0 Å². The third-order valence-electron chi connectivity index (χ3n) is 13.1. The van der Waals surface area contributed by atoms with E-state index in [2.05, 4.69) is 119 Å². The molecule has 2 nitrogen and oxygen atoms in total. The second-order valence-electron chi connectivity index (χ2n) is 17.0. The SMILES string of the molecule is [2H]c1nc2c(nc1[2H])c1c([2H])c([2H])c(-c3cccc(-c4cccc(-c5cccc6c5sc5ccccc56)c4)c3)c([2H])c1c1c([2H])c(-c3cccc(-c4cccc(-c5cccc6c5sc5ccccc56)c4)c3)c([2H])c([2H])c21. The van der Waals surface area contributed by atoms with Gasteiger partial charge in [-0.3, -0.25) is 9.97 Å². The predicted molar refractivity (Wildman–Crippen MR) is 293 cm³/mol. The molecule has 0 amide bonds. The predicted octanol–water partition coefficient (Wildman–Crippen LogP) is 18.7. The van der Waals surface area contributed by atoms with Crippen LogP contribution >= 0.6 is 22.7 Å². The van der Waals surface area contributed by atoms with Crippen LogP contribution in [0, 0.1) is 0 Å². The minimum Gasteiger partial charge on any atom is -0.252 e. The van der Waals surface area contributed by atoms with Crippen molar-refractivity contribution in [3.8, 4) is 66.8 Å². The summed E-state index contributed by atoms with van der Waals surface area (Å²) >= 11 is 3.54. The molecule has 3 aromatic heterocycles. The highest BCUT2D eigenvalue weighted by atomic mass is 32.1. The third-order valence-corrected chi connectivity index (χ3v) is 15.5. The molecule has 0 saturated carbocycles. The molecule has 0 atom stereocenters. The number of thiophene rings is 2. The normalized spacial score (nSPS) is 13.5. The van der Waals surface area contributed by atoms with Crippen molar-refractivity contribution >= 4 is 95.6 Å². The minimum absolute atomic E-state index is 0.0253. The fourth-order valence-electron chi connectivity index (χ4n) is 9.84. The molecule has 0 aliphatic rings. The lowest BCUT2D eigenvalue weighted by molar-refractivity contribution is 1.31. The van der Waals surface area contributed by atoms with E-state index in [-0.39, 0.29) is 80.0 Å². The maximum atomic E-state index is 10.1. The zero-order valence-corrected chi connectivity index (χ0v) is 37.7. The molecule has 3 heterocycles. The largest absolute Gasteiger partial charge is 0.252 e. The summed E-state index contributed by atoms with van der Waals surface area (Å²) in [7, 11) is 0. The summed E-state index contributed by atoms with van der Waals surface area (Å²) in [6.45, 7) is 0. The van der Waals surface area contributed by atoms with Crippen molar-refractivity contribution < 1.29 is 11.0 Å². The summed E-state index contributed by atoms with van der Waals surface area (Å²) in [5.74, 6) is 0. The van der Waals surface area contributed by atoms with Crippen molar-refractivity contribution in [2.24, 2.45) is 0 Å². The quantitative estimate of drug-likeness (QED) is 0.155. The van der Waals surface area contributed by atoms with Crippen molar-refractivity contribution in [1.82, 2.24) is 9.97 Å². The highest BCUT2D eigenvalue weighted by Crippen LogP contribution is 2.44. The molecule has 68 heavy (non-hydrogen) atoms.